The van der Waals surface area contributed by atoms with Crippen molar-refractivity contribution in [1.29, 1.82) is 0 Å². The van der Waals surface area contributed by atoms with Crippen LogP contribution in [-0.2, 0) is 0 Å². The number of halogens is 3. The summed E-state index contributed by atoms with van der Waals surface area (Å²) in [5, 5.41) is 3.16. The molecule has 0 aromatic heterocycles. The second kappa shape index (κ2) is 11.1. The number of nitrogens with zero attached hydrogens (tertiary/aromatic N) is 1. The number of benzene rings is 2. The maximum absolute atomic E-state index is 13.8. The zero-order valence-electron chi connectivity index (χ0n) is 18.7. The van der Waals surface area contributed by atoms with E-state index in [2.05, 4.69) is 10.2 Å². The Morgan fingerprint density at radius 1 is 0.939 bits per heavy atom. The summed E-state index contributed by atoms with van der Waals surface area (Å²) in [6, 6.07) is 10.9. The van der Waals surface area contributed by atoms with Gasteiger partial charge < -0.3 is 15.0 Å². The van der Waals surface area contributed by atoms with Crippen molar-refractivity contribution in [1.82, 2.24) is 10.2 Å². The Balaban J connectivity index is 1.14. The van der Waals surface area contributed by atoms with E-state index in [1.54, 1.807) is 0 Å². The third kappa shape index (κ3) is 6.50. The first-order chi connectivity index (χ1) is 16.0. The summed E-state index contributed by atoms with van der Waals surface area (Å²) in [6.45, 7) is 2.63. The highest BCUT2D eigenvalue weighted by Crippen LogP contribution is 2.29. The second-order valence-electron chi connectivity index (χ2n) is 9.20. The van der Waals surface area contributed by atoms with Gasteiger partial charge in [0.15, 0.2) is 17.4 Å². The minimum absolute atomic E-state index is 0.00420. The molecule has 1 saturated heterocycles. The highest BCUT2D eigenvalue weighted by molar-refractivity contribution is 5.94. The average Bonchev–Trinajstić information content (AvgIpc) is 2.82. The molecule has 0 spiro atoms. The number of ether oxygens (including phenoxy) is 1. The minimum atomic E-state index is -0.995. The SMILES string of the molecule is O=C(NC1CCC(CCN2CCC(Oc3c(F)cc(F)cc3F)CC2)CC1)c1ccccc1. The Morgan fingerprint density at radius 2 is 1.58 bits per heavy atom. The molecule has 1 amide bonds. The van der Waals surface area contributed by atoms with Gasteiger partial charge in [0.25, 0.3) is 5.91 Å². The number of rotatable bonds is 7. The topological polar surface area (TPSA) is 41.6 Å². The van der Waals surface area contributed by atoms with E-state index in [9.17, 15) is 18.0 Å². The summed E-state index contributed by atoms with van der Waals surface area (Å²) in [5.74, 6) is -2.75. The number of piperidine rings is 1. The fraction of sp³-hybridized carbons (Fsp3) is 0.500. The third-order valence-corrected chi connectivity index (χ3v) is 6.85. The number of hydrogen-bond donors (Lipinski definition) is 1. The molecule has 1 aliphatic heterocycles. The predicted molar refractivity (Wildman–Crippen MR) is 121 cm³/mol. The van der Waals surface area contributed by atoms with E-state index in [0.717, 1.165) is 51.7 Å². The highest BCUT2D eigenvalue weighted by atomic mass is 19.1. The summed E-state index contributed by atoms with van der Waals surface area (Å²) >= 11 is 0. The molecule has 0 unspecified atom stereocenters. The van der Waals surface area contributed by atoms with E-state index in [1.807, 2.05) is 30.3 Å². The number of amides is 1. The van der Waals surface area contributed by atoms with Crippen molar-refractivity contribution in [2.75, 3.05) is 19.6 Å². The number of carbonyl (C=O) groups is 1. The fourth-order valence-electron chi connectivity index (χ4n) is 4.88. The van der Waals surface area contributed by atoms with Gasteiger partial charge in [-0.15, -0.1) is 0 Å². The third-order valence-electron chi connectivity index (χ3n) is 6.85. The van der Waals surface area contributed by atoms with Crippen molar-refractivity contribution in [3.05, 3.63) is 65.5 Å². The molecule has 7 heteroatoms. The van der Waals surface area contributed by atoms with Crippen molar-refractivity contribution >= 4 is 5.91 Å². The van der Waals surface area contributed by atoms with Crippen LogP contribution in [0.1, 0.15) is 55.3 Å². The van der Waals surface area contributed by atoms with Crippen LogP contribution in [0, 0.1) is 23.4 Å². The van der Waals surface area contributed by atoms with Gasteiger partial charge in [0.2, 0.25) is 0 Å². The van der Waals surface area contributed by atoms with Crippen molar-refractivity contribution in [3.63, 3.8) is 0 Å². The number of carbonyl (C=O) groups excluding carboxylic acids is 1. The first-order valence-electron chi connectivity index (χ1n) is 11.9. The van der Waals surface area contributed by atoms with Gasteiger partial charge in [0.05, 0.1) is 0 Å². The van der Waals surface area contributed by atoms with Crippen LogP contribution in [0.5, 0.6) is 5.75 Å². The lowest BCUT2D eigenvalue weighted by atomic mass is 9.84. The van der Waals surface area contributed by atoms with Crippen molar-refractivity contribution in [2.45, 2.75) is 57.1 Å². The standard InChI is InChI=1S/C26H31F3N2O2/c27-20-16-23(28)25(24(29)17-20)33-22-11-14-31(15-12-22)13-10-18-6-8-21(9-7-18)30-26(32)19-4-2-1-3-5-19/h1-5,16-18,21-22H,6-15H2,(H,30,32). The molecule has 1 aliphatic carbocycles. The second-order valence-corrected chi connectivity index (χ2v) is 9.20. The van der Waals surface area contributed by atoms with Crippen molar-refractivity contribution < 1.29 is 22.7 Å². The van der Waals surface area contributed by atoms with Gasteiger partial charge in [-0.2, -0.15) is 0 Å². The Kier molecular flexibility index (Phi) is 7.91. The van der Waals surface area contributed by atoms with E-state index in [0.29, 0.717) is 36.5 Å². The minimum Gasteiger partial charge on any atom is -0.484 e. The van der Waals surface area contributed by atoms with Gasteiger partial charge in [-0.25, -0.2) is 13.2 Å². The summed E-state index contributed by atoms with van der Waals surface area (Å²) in [6.07, 6.45) is 6.47. The van der Waals surface area contributed by atoms with E-state index < -0.39 is 23.2 Å². The first-order valence-corrected chi connectivity index (χ1v) is 11.9. The molecular weight excluding hydrogens is 429 g/mol. The molecule has 1 saturated carbocycles. The van der Waals surface area contributed by atoms with Gasteiger partial charge in [0, 0.05) is 36.8 Å². The Labute approximate surface area is 193 Å². The highest BCUT2D eigenvalue weighted by Gasteiger charge is 2.26. The van der Waals surface area contributed by atoms with Gasteiger partial charge >= 0.3 is 0 Å². The van der Waals surface area contributed by atoms with Crippen LogP contribution in [0.25, 0.3) is 0 Å². The van der Waals surface area contributed by atoms with Crippen LogP contribution in [0.15, 0.2) is 42.5 Å². The Bertz CT molecular complexity index is 901. The molecule has 178 valence electrons. The molecule has 0 atom stereocenters. The molecule has 4 rings (SSSR count). The largest absolute Gasteiger partial charge is 0.484 e. The molecular formula is C26H31F3N2O2. The molecule has 2 aromatic rings. The van der Waals surface area contributed by atoms with Gasteiger partial charge in [0.1, 0.15) is 11.9 Å². The molecule has 2 aliphatic rings. The molecule has 4 nitrogen and oxygen atoms in total. The maximum Gasteiger partial charge on any atom is 0.251 e. The Hall–Kier alpha value is -2.54. The molecule has 0 bridgehead atoms. The monoisotopic (exact) mass is 460 g/mol. The smallest absolute Gasteiger partial charge is 0.251 e. The van der Waals surface area contributed by atoms with Crippen LogP contribution in [0.3, 0.4) is 0 Å². The summed E-state index contributed by atoms with van der Waals surface area (Å²) in [4.78, 5) is 14.7. The maximum atomic E-state index is 13.8. The van der Waals surface area contributed by atoms with Crippen molar-refractivity contribution in [3.8, 4) is 5.75 Å². The lowest BCUT2D eigenvalue weighted by Crippen LogP contribution is -2.40. The average molecular weight is 461 g/mol. The first kappa shape index (κ1) is 23.6. The zero-order chi connectivity index (χ0) is 23.2. The molecule has 1 heterocycles. The van der Waals surface area contributed by atoms with Gasteiger partial charge in [-0.3, -0.25) is 4.79 Å². The quantitative estimate of drug-likeness (QED) is 0.608. The zero-order valence-corrected chi connectivity index (χ0v) is 18.7. The fourth-order valence-corrected chi connectivity index (χ4v) is 4.88. The van der Waals surface area contributed by atoms with Gasteiger partial charge in [-0.1, -0.05) is 18.2 Å². The normalized spacial score (nSPS) is 22.2. The van der Waals surface area contributed by atoms with E-state index in [-0.39, 0.29) is 18.1 Å². The molecule has 0 radical (unpaired) electrons. The molecule has 33 heavy (non-hydrogen) atoms. The number of hydrogen-bond acceptors (Lipinski definition) is 3. The van der Waals surface area contributed by atoms with Crippen LogP contribution < -0.4 is 10.1 Å². The summed E-state index contributed by atoms with van der Waals surface area (Å²) < 4.78 is 46.2. The van der Waals surface area contributed by atoms with E-state index >= 15 is 0 Å². The van der Waals surface area contributed by atoms with E-state index in [4.69, 9.17) is 4.74 Å². The predicted octanol–water partition coefficient (Wildman–Crippen LogP) is 5.33. The Morgan fingerprint density at radius 3 is 2.21 bits per heavy atom. The van der Waals surface area contributed by atoms with Crippen LogP contribution in [-0.4, -0.2) is 42.6 Å². The van der Waals surface area contributed by atoms with Gasteiger partial charge in [-0.05, 0) is 69.5 Å². The van der Waals surface area contributed by atoms with Crippen molar-refractivity contribution in [2.24, 2.45) is 5.92 Å². The van der Waals surface area contributed by atoms with Crippen LogP contribution in [0.4, 0.5) is 13.2 Å². The summed E-state index contributed by atoms with van der Waals surface area (Å²) in [7, 11) is 0. The number of likely N-dealkylation sites (tertiary alicyclic amines) is 1. The lowest BCUT2D eigenvalue weighted by Gasteiger charge is -2.34. The van der Waals surface area contributed by atoms with E-state index in [1.165, 1.54) is 0 Å². The molecule has 2 fully saturated rings. The van der Waals surface area contributed by atoms with Crippen LogP contribution >= 0.6 is 0 Å². The lowest BCUT2D eigenvalue weighted by molar-refractivity contribution is 0.0866. The van der Waals surface area contributed by atoms with Crippen LogP contribution in [0.2, 0.25) is 0 Å². The summed E-state index contributed by atoms with van der Waals surface area (Å²) in [5.41, 5.74) is 0.705. The molecule has 1 N–H and O–H groups in total. The number of nitrogens with one attached hydrogen (secondary N) is 1. The molecule has 2 aromatic carbocycles.